The van der Waals surface area contributed by atoms with Gasteiger partial charge < -0.3 is 4.74 Å². The first-order valence-electron chi connectivity index (χ1n) is 6.20. The summed E-state index contributed by atoms with van der Waals surface area (Å²) in [5.41, 5.74) is 0.744. The smallest absolute Gasteiger partial charge is 0.192 e. The highest BCUT2D eigenvalue weighted by molar-refractivity contribution is 5.99. The van der Waals surface area contributed by atoms with E-state index < -0.39 is 0 Å². The summed E-state index contributed by atoms with van der Waals surface area (Å²) in [5, 5.41) is 0. The molecular formula is C15H18O2. The van der Waals surface area contributed by atoms with Crippen LogP contribution in [-0.4, -0.2) is 18.5 Å². The highest BCUT2D eigenvalue weighted by Gasteiger charge is 2.29. The van der Waals surface area contributed by atoms with Crippen LogP contribution >= 0.6 is 0 Å². The molecule has 1 aromatic rings. The van der Waals surface area contributed by atoms with Crippen LogP contribution in [0.5, 0.6) is 0 Å². The third kappa shape index (κ3) is 2.83. The van der Waals surface area contributed by atoms with Crippen LogP contribution in [0, 0.1) is 5.92 Å². The molecule has 1 aromatic carbocycles. The van der Waals surface area contributed by atoms with Gasteiger partial charge in [0.05, 0.1) is 6.61 Å². The monoisotopic (exact) mass is 230 g/mol. The van der Waals surface area contributed by atoms with Crippen LogP contribution in [0.15, 0.2) is 42.5 Å². The van der Waals surface area contributed by atoms with Gasteiger partial charge in [-0.1, -0.05) is 55.8 Å². The Balaban J connectivity index is 2.15. The molecule has 0 saturated carbocycles. The van der Waals surface area contributed by atoms with Crippen LogP contribution in [0.2, 0.25) is 0 Å². The minimum absolute atomic E-state index is 0.105. The van der Waals surface area contributed by atoms with Gasteiger partial charge in [0.25, 0.3) is 0 Å². The molecule has 0 radical (unpaired) electrons. The summed E-state index contributed by atoms with van der Waals surface area (Å²) in [4.78, 5) is 12.3. The number of hydrogen-bond acceptors (Lipinski definition) is 2. The lowest BCUT2D eigenvalue weighted by Crippen LogP contribution is -2.34. The minimum atomic E-state index is -0.303. The van der Waals surface area contributed by atoms with Crippen molar-refractivity contribution in [1.29, 1.82) is 0 Å². The summed E-state index contributed by atoms with van der Waals surface area (Å²) in [6, 6.07) is 9.41. The highest BCUT2D eigenvalue weighted by atomic mass is 16.5. The Bertz CT molecular complexity index is 395. The highest BCUT2D eigenvalue weighted by Crippen LogP contribution is 2.23. The summed E-state index contributed by atoms with van der Waals surface area (Å²) < 4.78 is 5.62. The van der Waals surface area contributed by atoms with Crippen molar-refractivity contribution in [3.05, 3.63) is 48.0 Å². The number of Topliss-reactive ketones (excluding diaryl/α,β-unsaturated/α-hetero) is 1. The van der Waals surface area contributed by atoms with E-state index in [4.69, 9.17) is 4.74 Å². The van der Waals surface area contributed by atoms with E-state index in [2.05, 4.69) is 13.0 Å². The quantitative estimate of drug-likeness (QED) is 0.586. The van der Waals surface area contributed by atoms with E-state index in [9.17, 15) is 4.79 Å². The first-order chi connectivity index (χ1) is 8.33. The van der Waals surface area contributed by atoms with E-state index in [0.29, 0.717) is 6.61 Å². The topological polar surface area (TPSA) is 26.3 Å². The molecule has 0 aromatic heterocycles. The van der Waals surface area contributed by atoms with Crippen LogP contribution in [0.3, 0.4) is 0 Å². The second-order valence-corrected chi connectivity index (χ2v) is 4.36. The minimum Gasteiger partial charge on any atom is -0.365 e. The van der Waals surface area contributed by atoms with Crippen molar-refractivity contribution in [3.8, 4) is 0 Å². The zero-order valence-electron chi connectivity index (χ0n) is 10.1. The van der Waals surface area contributed by atoms with Crippen molar-refractivity contribution >= 4 is 5.78 Å². The maximum absolute atomic E-state index is 12.3. The Morgan fingerprint density at radius 2 is 2.12 bits per heavy atom. The molecule has 0 aliphatic carbocycles. The normalized spacial score (nSPS) is 23.6. The average molecular weight is 230 g/mol. The molecular weight excluding hydrogens is 212 g/mol. The fourth-order valence-electron chi connectivity index (χ4n) is 2.23. The lowest BCUT2D eigenvalue weighted by Gasteiger charge is -2.26. The fourth-order valence-corrected chi connectivity index (χ4v) is 2.23. The standard InChI is InChI=1S/C15H18O2/c1-2-7-13-10-6-11-17-15(13)14(16)12-8-4-3-5-9-12/h3-6,8-10,13,15H,2,7,11H2,1H3/t13-,15-/m0/s1. The van der Waals surface area contributed by atoms with E-state index in [-0.39, 0.29) is 17.8 Å². The van der Waals surface area contributed by atoms with Gasteiger partial charge >= 0.3 is 0 Å². The van der Waals surface area contributed by atoms with Crippen LogP contribution in [0.1, 0.15) is 30.1 Å². The Morgan fingerprint density at radius 3 is 2.82 bits per heavy atom. The molecule has 2 rings (SSSR count). The fraction of sp³-hybridized carbons (Fsp3) is 0.400. The lowest BCUT2D eigenvalue weighted by atomic mass is 9.89. The van der Waals surface area contributed by atoms with Gasteiger partial charge in [-0.3, -0.25) is 4.79 Å². The van der Waals surface area contributed by atoms with Crippen molar-refractivity contribution in [3.63, 3.8) is 0 Å². The van der Waals surface area contributed by atoms with Crippen LogP contribution in [0.25, 0.3) is 0 Å². The molecule has 17 heavy (non-hydrogen) atoms. The maximum Gasteiger partial charge on any atom is 0.192 e. The molecule has 2 nitrogen and oxygen atoms in total. The third-order valence-corrected chi connectivity index (χ3v) is 3.08. The van der Waals surface area contributed by atoms with Crippen molar-refractivity contribution in [2.75, 3.05) is 6.61 Å². The molecule has 1 aliphatic rings. The number of hydrogen-bond donors (Lipinski definition) is 0. The zero-order chi connectivity index (χ0) is 12.1. The molecule has 0 fully saturated rings. The molecule has 1 aliphatic heterocycles. The molecule has 0 amide bonds. The SMILES string of the molecule is CCC[C@H]1C=CCO[C@@H]1C(=O)c1ccccc1. The van der Waals surface area contributed by atoms with Gasteiger partial charge in [-0.05, 0) is 6.42 Å². The largest absolute Gasteiger partial charge is 0.365 e. The number of carbonyl (C=O) groups is 1. The average Bonchev–Trinajstić information content (AvgIpc) is 2.40. The Kier molecular flexibility index (Phi) is 4.10. The number of ether oxygens (including phenoxy) is 1. The van der Waals surface area contributed by atoms with E-state index in [1.54, 1.807) is 0 Å². The van der Waals surface area contributed by atoms with Crippen molar-refractivity contribution in [2.24, 2.45) is 5.92 Å². The first-order valence-corrected chi connectivity index (χ1v) is 6.20. The number of ketones is 1. The predicted octanol–water partition coefficient (Wildman–Crippen LogP) is 3.24. The summed E-state index contributed by atoms with van der Waals surface area (Å²) in [7, 11) is 0. The molecule has 2 heteroatoms. The molecule has 0 unspecified atom stereocenters. The number of rotatable bonds is 4. The molecule has 0 spiro atoms. The van der Waals surface area contributed by atoms with Crippen LogP contribution < -0.4 is 0 Å². The summed E-state index contributed by atoms with van der Waals surface area (Å²) in [5.74, 6) is 0.329. The Hall–Kier alpha value is -1.41. The van der Waals surface area contributed by atoms with Crippen LogP contribution in [0.4, 0.5) is 0 Å². The van der Waals surface area contributed by atoms with Crippen molar-refractivity contribution in [2.45, 2.75) is 25.9 Å². The van der Waals surface area contributed by atoms with E-state index in [1.807, 2.05) is 36.4 Å². The maximum atomic E-state index is 12.3. The molecule has 0 saturated heterocycles. The second-order valence-electron chi connectivity index (χ2n) is 4.36. The summed E-state index contributed by atoms with van der Waals surface area (Å²) in [6.45, 7) is 2.68. The van der Waals surface area contributed by atoms with Crippen LogP contribution in [-0.2, 0) is 4.74 Å². The Morgan fingerprint density at radius 1 is 1.35 bits per heavy atom. The summed E-state index contributed by atoms with van der Waals surface area (Å²) >= 11 is 0. The van der Waals surface area contributed by atoms with Gasteiger partial charge in [0.1, 0.15) is 6.10 Å². The molecule has 0 bridgehead atoms. The number of benzene rings is 1. The van der Waals surface area contributed by atoms with E-state index >= 15 is 0 Å². The third-order valence-electron chi connectivity index (χ3n) is 3.08. The zero-order valence-corrected chi connectivity index (χ0v) is 10.1. The van der Waals surface area contributed by atoms with Gasteiger partial charge in [-0.2, -0.15) is 0 Å². The first kappa shape index (κ1) is 12.1. The van der Waals surface area contributed by atoms with E-state index in [0.717, 1.165) is 18.4 Å². The van der Waals surface area contributed by atoms with E-state index in [1.165, 1.54) is 0 Å². The van der Waals surface area contributed by atoms with Gasteiger partial charge in [0.2, 0.25) is 0 Å². The van der Waals surface area contributed by atoms with Gasteiger partial charge in [-0.15, -0.1) is 0 Å². The lowest BCUT2D eigenvalue weighted by molar-refractivity contribution is 0.0278. The van der Waals surface area contributed by atoms with Gasteiger partial charge in [0.15, 0.2) is 5.78 Å². The Labute approximate surface area is 102 Å². The van der Waals surface area contributed by atoms with Crippen molar-refractivity contribution < 1.29 is 9.53 Å². The number of carbonyl (C=O) groups excluding carboxylic acids is 1. The molecule has 0 N–H and O–H groups in total. The second kappa shape index (κ2) is 5.78. The van der Waals surface area contributed by atoms with Gasteiger partial charge in [-0.25, -0.2) is 0 Å². The molecule has 1 heterocycles. The molecule has 90 valence electrons. The predicted molar refractivity (Wildman–Crippen MR) is 68.1 cm³/mol. The van der Waals surface area contributed by atoms with Gasteiger partial charge in [0, 0.05) is 11.5 Å². The summed E-state index contributed by atoms with van der Waals surface area (Å²) in [6.07, 6.45) is 5.90. The molecule has 2 atom stereocenters. The van der Waals surface area contributed by atoms with Crippen molar-refractivity contribution in [1.82, 2.24) is 0 Å².